The predicted molar refractivity (Wildman–Crippen MR) is 91.8 cm³/mol. The Hall–Kier alpha value is -2.08. The van der Waals surface area contributed by atoms with Gasteiger partial charge in [0.15, 0.2) is 0 Å². The molecule has 0 spiro atoms. The third kappa shape index (κ3) is 4.47. The maximum Gasteiger partial charge on any atom is 0.252 e. The normalized spacial score (nSPS) is 17.2. The number of likely N-dealkylation sites (tertiary alicyclic amines) is 1. The van der Waals surface area contributed by atoms with Gasteiger partial charge in [0.25, 0.3) is 5.91 Å². The van der Waals surface area contributed by atoms with Gasteiger partial charge in [-0.3, -0.25) is 14.4 Å². The minimum atomic E-state index is -0.320. The highest BCUT2D eigenvalue weighted by Gasteiger charge is 2.35. The molecule has 2 N–H and O–H groups in total. The molecular formula is C17H22ClN3O3. The molecule has 1 aliphatic heterocycles. The van der Waals surface area contributed by atoms with Crippen LogP contribution in [0.2, 0.25) is 5.02 Å². The van der Waals surface area contributed by atoms with Crippen LogP contribution < -0.4 is 10.6 Å². The van der Waals surface area contributed by atoms with Gasteiger partial charge in [-0.25, -0.2) is 0 Å². The van der Waals surface area contributed by atoms with Crippen LogP contribution in [0.25, 0.3) is 0 Å². The van der Waals surface area contributed by atoms with Crippen molar-refractivity contribution in [2.24, 2.45) is 5.92 Å². The van der Waals surface area contributed by atoms with Gasteiger partial charge in [-0.2, -0.15) is 0 Å². The number of carbonyl (C=O) groups excluding carboxylic acids is 3. The van der Waals surface area contributed by atoms with Crippen molar-refractivity contribution in [2.45, 2.75) is 26.3 Å². The lowest BCUT2D eigenvalue weighted by atomic mass is 10.1. The molecule has 0 unspecified atom stereocenters. The Bertz CT molecular complexity index is 633. The van der Waals surface area contributed by atoms with Crippen LogP contribution in [0.4, 0.5) is 0 Å². The Morgan fingerprint density at radius 3 is 2.54 bits per heavy atom. The Morgan fingerprint density at radius 2 is 1.92 bits per heavy atom. The van der Waals surface area contributed by atoms with Crippen LogP contribution in [0.15, 0.2) is 24.3 Å². The number of nitrogens with one attached hydrogen (secondary N) is 2. The molecule has 1 heterocycles. The molecular weight excluding hydrogens is 330 g/mol. The number of hydrogen-bond acceptors (Lipinski definition) is 3. The third-order valence-electron chi connectivity index (χ3n) is 3.98. The lowest BCUT2D eigenvalue weighted by Crippen LogP contribution is -2.39. The van der Waals surface area contributed by atoms with Crippen LogP contribution in [-0.4, -0.2) is 48.3 Å². The van der Waals surface area contributed by atoms with E-state index in [9.17, 15) is 14.4 Å². The number of benzene rings is 1. The molecule has 1 saturated heterocycles. The van der Waals surface area contributed by atoms with Crippen molar-refractivity contribution >= 4 is 29.3 Å². The molecule has 0 aromatic heterocycles. The van der Waals surface area contributed by atoms with Gasteiger partial charge >= 0.3 is 0 Å². The zero-order chi connectivity index (χ0) is 17.7. The average Bonchev–Trinajstić information content (AvgIpc) is 2.94. The SMILES string of the molecule is CC(C)N1C[C@@H](C(=O)NCCNC(=O)c2ccccc2Cl)CC1=O. The molecule has 2 rings (SSSR count). The molecule has 24 heavy (non-hydrogen) atoms. The van der Waals surface area contributed by atoms with Gasteiger partial charge in [-0.05, 0) is 26.0 Å². The Kier molecular flexibility index (Phi) is 6.20. The molecule has 6 nitrogen and oxygen atoms in total. The molecule has 1 aliphatic rings. The first-order chi connectivity index (χ1) is 11.4. The largest absolute Gasteiger partial charge is 0.354 e. The van der Waals surface area contributed by atoms with Crippen LogP contribution >= 0.6 is 11.6 Å². The van der Waals surface area contributed by atoms with Crippen LogP contribution in [-0.2, 0) is 9.59 Å². The van der Waals surface area contributed by atoms with E-state index in [0.29, 0.717) is 30.2 Å². The van der Waals surface area contributed by atoms with E-state index in [2.05, 4.69) is 10.6 Å². The highest BCUT2D eigenvalue weighted by atomic mass is 35.5. The van der Waals surface area contributed by atoms with E-state index in [1.165, 1.54) is 0 Å². The second-order valence-electron chi connectivity index (χ2n) is 6.07. The van der Waals surface area contributed by atoms with E-state index in [-0.39, 0.29) is 36.1 Å². The van der Waals surface area contributed by atoms with Gasteiger partial charge in [0.1, 0.15) is 0 Å². The third-order valence-corrected chi connectivity index (χ3v) is 4.31. The molecule has 0 radical (unpaired) electrons. The Morgan fingerprint density at radius 1 is 1.25 bits per heavy atom. The number of amides is 3. The lowest BCUT2D eigenvalue weighted by Gasteiger charge is -2.20. The number of carbonyl (C=O) groups is 3. The molecule has 130 valence electrons. The second kappa shape index (κ2) is 8.15. The van der Waals surface area contributed by atoms with Gasteiger partial charge in [0, 0.05) is 32.1 Å². The van der Waals surface area contributed by atoms with E-state index in [4.69, 9.17) is 11.6 Å². The minimum Gasteiger partial charge on any atom is -0.354 e. The molecule has 0 bridgehead atoms. The maximum atomic E-state index is 12.1. The van der Waals surface area contributed by atoms with Crippen molar-refractivity contribution in [3.8, 4) is 0 Å². The van der Waals surface area contributed by atoms with E-state index in [0.717, 1.165) is 0 Å². The van der Waals surface area contributed by atoms with Gasteiger partial charge in [-0.1, -0.05) is 23.7 Å². The van der Waals surface area contributed by atoms with Crippen molar-refractivity contribution < 1.29 is 14.4 Å². The highest BCUT2D eigenvalue weighted by molar-refractivity contribution is 6.33. The fourth-order valence-electron chi connectivity index (χ4n) is 2.65. The van der Waals surface area contributed by atoms with Crippen LogP contribution in [0, 0.1) is 5.92 Å². The molecule has 1 aromatic rings. The Labute approximate surface area is 146 Å². The van der Waals surface area contributed by atoms with E-state index >= 15 is 0 Å². The van der Waals surface area contributed by atoms with Gasteiger partial charge in [-0.15, -0.1) is 0 Å². The maximum absolute atomic E-state index is 12.1. The molecule has 1 fully saturated rings. The van der Waals surface area contributed by atoms with Gasteiger partial charge in [0.05, 0.1) is 16.5 Å². The number of nitrogens with zero attached hydrogens (tertiary/aromatic N) is 1. The molecule has 7 heteroatoms. The summed E-state index contributed by atoms with van der Waals surface area (Å²) >= 11 is 5.95. The predicted octanol–water partition coefficient (Wildman–Crippen LogP) is 1.44. The minimum absolute atomic E-state index is 0.0113. The van der Waals surface area contributed by atoms with Crippen molar-refractivity contribution in [1.82, 2.24) is 15.5 Å². The van der Waals surface area contributed by atoms with Crippen molar-refractivity contribution in [2.75, 3.05) is 19.6 Å². The molecule has 0 aliphatic carbocycles. The van der Waals surface area contributed by atoms with Gasteiger partial charge in [0.2, 0.25) is 11.8 Å². The topological polar surface area (TPSA) is 78.5 Å². The fourth-order valence-corrected chi connectivity index (χ4v) is 2.87. The first kappa shape index (κ1) is 18.3. The van der Waals surface area contributed by atoms with E-state index in [1.807, 2.05) is 13.8 Å². The summed E-state index contributed by atoms with van der Waals surface area (Å²) in [6.45, 7) is 4.92. The summed E-state index contributed by atoms with van der Waals surface area (Å²) in [7, 11) is 0. The summed E-state index contributed by atoms with van der Waals surface area (Å²) in [6, 6.07) is 6.88. The van der Waals surface area contributed by atoms with Crippen LogP contribution in [0.5, 0.6) is 0 Å². The quantitative estimate of drug-likeness (QED) is 0.761. The van der Waals surface area contributed by atoms with Crippen molar-refractivity contribution in [3.05, 3.63) is 34.9 Å². The molecule has 1 atom stereocenters. The summed E-state index contributed by atoms with van der Waals surface area (Å²) in [6.07, 6.45) is 0.246. The zero-order valence-electron chi connectivity index (χ0n) is 13.8. The van der Waals surface area contributed by atoms with E-state index in [1.54, 1.807) is 29.2 Å². The first-order valence-corrected chi connectivity index (χ1v) is 8.38. The fraction of sp³-hybridized carbons (Fsp3) is 0.471. The summed E-state index contributed by atoms with van der Waals surface area (Å²) in [4.78, 5) is 37.6. The molecule has 0 saturated carbocycles. The van der Waals surface area contributed by atoms with Gasteiger partial charge < -0.3 is 15.5 Å². The van der Waals surface area contributed by atoms with Crippen molar-refractivity contribution in [1.29, 1.82) is 0 Å². The number of rotatable bonds is 6. The first-order valence-electron chi connectivity index (χ1n) is 8.00. The number of hydrogen-bond donors (Lipinski definition) is 2. The summed E-state index contributed by atoms with van der Waals surface area (Å²) < 4.78 is 0. The zero-order valence-corrected chi connectivity index (χ0v) is 14.6. The number of halogens is 1. The molecule has 3 amide bonds. The van der Waals surface area contributed by atoms with Crippen LogP contribution in [0.3, 0.4) is 0 Å². The molecule has 1 aromatic carbocycles. The smallest absolute Gasteiger partial charge is 0.252 e. The highest BCUT2D eigenvalue weighted by Crippen LogP contribution is 2.20. The second-order valence-corrected chi connectivity index (χ2v) is 6.47. The monoisotopic (exact) mass is 351 g/mol. The standard InChI is InChI=1S/C17H22ClN3O3/c1-11(2)21-10-12(9-15(21)22)16(23)19-7-8-20-17(24)13-5-3-4-6-14(13)18/h3-6,11-12H,7-10H2,1-2H3,(H,19,23)(H,20,24)/t12-/m0/s1. The summed E-state index contributed by atoms with van der Waals surface area (Å²) in [5.74, 6) is -0.744. The lowest BCUT2D eigenvalue weighted by molar-refractivity contribution is -0.129. The summed E-state index contributed by atoms with van der Waals surface area (Å²) in [5.41, 5.74) is 0.402. The van der Waals surface area contributed by atoms with Crippen LogP contribution in [0.1, 0.15) is 30.6 Å². The average molecular weight is 352 g/mol. The van der Waals surface area contributed by atoms with Crippen molar-refractivity contribution in [3.63, 3.8) is 0 Å². The van der Waals surface area contributed by atoms with E-state index < -0.39 is 0 Å². The Balaban J connectivity index is 1.73. The summed E-state index contributed by atoms with van der Waals surface area (Å²) in [5, 5.41) is 5.85.